The lowest BCUT2D eigenvalue weighted by atomic mass is 9.98. The number of anilines is 1. The van der Waals surface area contributed by atoms with Crippen LogP contribution in [0.25, 0.3) is 22.2 Å². The third-order valence-electron chi connectivity index (χ3n) is 7.00. The molecule has 3 aromatic rings. The normalized spacial score (nSPS) is 19.3. The van der Waals surface area contributed by atoms with E-state index in [2.05, 4.69) is 68.9 Å². The molecule has 2 aliphatic heterocycles. The Hall–Kier alpha value is -3.12. The number of nitrogens with one attached hydrogen (secondary N) is 1. The third-order valence-corrected chi connectivity index (χ3v) is 7.00. The maximum absolute atomic E-state index is 12.4. The van der Waals surface area contributed by atoms with Gasteiger partial charge in [-0.2, -0.15) is 5.10 Å². The minimum Gasteiger partial charge on any atom is -0.366 e. The number of carbonyl (C=O) groups excluding carboxylic acids is 1. The molecule has 32 heavy (non-hydrogen) atoms. The summed E-state index contributed by atoms with van der Waals surface area (Å²) in [5.41, 5.74) is 7.45. The van der Waals surface area contributed by atoms with Gasteiger partial charge in [-0.05, 0) is 54.6 Å². The lowest BCUT2D eigenvalue weighted by Gasteiger charge is -2.36. The molecule has 0 atom stereocenters. The summed E-state index contributed by atoms with van der Waals surface area (Å²) in [5.74, 6) is 0.665. The first-order valence-electron chi connectivity index (χ1n) is 11.8. The zero-order valence-electron chi connectivity index (χ0n) is 18.3. The number of carbonyl (C=O) groups is 1. The van der Waals surface area contributed by atoms with Gasteiger partial charge in [0.25, 0.3) is 0 Å². The molecule has 2 fully saturated rings. The first-order chi connectivity index (χ1) is 15.8. The number of nitrogens with zero attached hydrogens (tertiary/aromatic N) is 4. The highest BCUT2D eigenvalue weighted by molar-refractivity contribution is 5.83. The van der Waals surface area contributed by atoms with E-state index in [-0.39, 0.29) is 0 Å². The van der Waals surface area contributed by atoms with Gasteiger partial charge in [0.2, 0.25) is 5.91 Å². The molecule has 0 spiro atoms. The SMILES string of the molecule is O=C(C1CC1)N1CCN(c2ccnn3cc(-c4ccc(C5=CCNCC5)cc4)cc23)CC1. The lowest BCUT2D eigenvalue weighted by Crippen LogP contribution is -2.49. The molecular weight excluding hydrogens is 398 g/mol. The largest absolute Gasteiger partial charge is 0.366 e. The van der Waals surface area contributed by atoms with Crippen LogP contribution in [0.15, 0.2) is 54.9 Å². The van der Waals surface area contributed by atoms with E-state index in [4.69, 9.17) is 0 Å². The number of hydrogen-bond acceptors (Lipinski definition) is 4. The van der Waals surface area contributed by atoms with Crippen molar-refractivity contribution >= 4 is 22.7 Å². The first-order valence-corrected chi connectivity index (χ1v) is 11.8. The van der Waals surface area contributed by atoms with Gasteiger partial charge in [0.1, 0.15) is 0 Å². The summed E-state index contributed by atoms with van der Waals surface area (Å²) in [6.45, 7) is 5.37. The average molecular weight is 428 g/mol. The lowest BCUT2D eigenvalue weighted by molar-refractivity contribution is -0.132. The van der Waals surface area contributed by atoms with Crippen molar-refractivity contribution in [2.24, 2.45) is 5.92 Å². The van der Waals surface area contributed by atoms with Gasteiger partial charge < -0.3 is 15.1 Å². The van der Waals surface area contributed by atoms with Gasteiger partial charge in [-0.1, -0.05) is 30.3 Å². The van der Waals surface area contributed by atoms with Crippen LogP contribution in [0.2, 0.25) is 0 Å². The number of piperazine rings is 1. The molecule has 1 aromatic carbocycles. The zero-order valence-corrected chi connectivity index (χ0v) is 18.3. The van der Waals surface area contributed by atoms with Gasteiger partial charge in [0.15, 0.2) is 0 Å². The fraction of sp³-hybridized carbons (Fsp3) is 0.385. The van der Waals surface area contributed by atoms with Gasteiger partial charge in [0.05, 0.1) is 11.2 Å². The Labute approximate surface area is 188 Å². The quantitative estimate of drug-likeness (QED) is 0.693. The van der Waals surface area contributed by atoms with Gasteiger partial charge in [0, 0.05) is 56.6 Å². The monoisotopic (exact) mass is 427 g/mol. The first kappa shape index (κ1) is 19.6. The predicted octanol–water partition coefficient (Wildman–Crippen LogP) is 3.44. The van der Waals surface area contributed by atoms with E-state index in [1.54, 1.807) is 0 Å². The van der Waals surface area contributed by atoms with E-state index >= 15 is 0 Å². The Kier molecular flexibility index (Phi) is 4.95. The number of rotatable bonds is 4. The van der Waals surface area contributed by atoms with Gasteiger partial charge in [-0.25, -0.2) is 4.52 Å². The highest BCUT2D eigenvalue weighted by atomic mass is 16.2. The van der Waals surface area contributed by atoms with Crippen LogP contribution in [0.1, 0.15) is 24.8 Å². The van der Waals surface area contributed by atoms with E-state index in [0.717, 1.165) is 64.0 Å². The molecule has 0 radical (unpaired) electrons. The molecule has 164 valence electrons. The summed E-state index contributed by atoms with van der Waals surface area (Å²) in [7, 11) is 0. The van der Waals surface area contributed by atoms with Crippen molar-refractivity contribution in [1.82, 2.24) is 19.8 Å². The molecule has 1 saturated carbocycles. The van der Waals surface area contributed by atoms with Crippen LogP contribution in [-0.4, -0.2) is 59.7 Å². The van der Waals surface area contributed by atoms with Crippen molar-refractivity contribution in [3.63, 3.8) is 0 Å². The number of hydrogen-bond donors (Lipinski definition) is 1. The van der Waals surface area contributed by atoms with E-state index in [1.165, 1.54) is 28.0 Å². The fourth-order valence-electron chi connectivity index (χ4n) is 4.94. The topological polar surface area (TPSA) is 52.9 Å². The second-order valence-electron chi connectivity index (χ2n) is 9.12. The summed E-state index contributed by atoms with van der Waals surface area (Å²) in [6.07, 6.45) is 9.52. The number of amides is 1. The Balaban J connectivity index is 1.23. The Morgan fingerprint density at radius 3 is 2.47 bits per heavy atom. The standard InChI is InChI=1S/C26H29N5O/c32-26(22-5-6-22)30-15-13-29(14-16-30)24-9-12-28-31-18-23(17-25(24)31)20-3-1-19(2-4-20)21-7-10-27-11-8-21/h1-4,7,9,12,17-18,22,27H,5-6,8,10-11,13-16H2. The van der Waals surface area contributed by atoms with Crippen molar-refractivity contribution in [1.29, 1.82) is 0 Å². The molecule has 6 heteroatoms. The highest BCUT2D eigenvalue weighted by Crippen LogP contribution is 2.33. The van der Waals surface area contributed by atoms with Gasteiger partial charge in [-0.3, -0.25) is 4.79 Å². The summed E-state index contributed by atoms with van der Waals surface area (Å²) < 4.78 is 1.98. The molecule has 0 bridgehead atoms. The molecule has 6 rings (SSSR count). The van der Waals surface area contributed by atoms with E-state index in [0.29, 0.717) is 11.8 Å². The molecule has 1 N–H and O–H groups in total. The molecule has 2 aromatic heterocycles. The maximum atomic E-state index is 12.4. The summed E-state index contributed by atoms with van der Waals surface area (Å²) >= 11 is 0. The molecule has 4 heterocycles. The Morgan fingerprint density at radius 1 is 0.969 bits per heavy atom. The Bertz CT molecular complexity index is 1170. The van der Waals surface area contributed by atoms with Crippen molar-refractivity contribution < 1.29 is 4.79 Å². The fourth-order valence-corrected chi connectivity index (χ4v) is 4.94. The number of aromatic nitrogens is 2. The van der Waals surface area contributed by atoms with Gasteiger partial charge >= 0.3 is 0 Å². The van der Waals surface area contributed by atoms with Crippen molar-refractivity contribution in [3.8, 4) is 11.1 Å². The molecule has 0 unspecified atom stereocenters. The van der Waals surface area contributed by atoms with Crippen LogP contribution in [-0.2, 0) is 4.79 Å². The molecular formula is C26H29N5O. The van der Waals surface area contributed by atoms with E-state index in [1.807, 2.05) is 10.7 Å². The Morgan fingerprint density at radius 2 is 1.75 bits per heavy atom. The second kappa shape index (κ2) is 8.10. The molecule has 1 saturated heterocycles. The number of benzene rings is 1. The van der Waals surface area contributed by atoms with Crippen molar-refractivity contribution in [2.75, 3.05) is 44.2 Å². The van der Waals surface area contributed by atoms with Crippen LogP contribution in [0, 0.1) is 5.92 Å². The predicted molar refractivity (Wildman–Crippen MR) is 128 cm³/mol. The van der Waals surface area contributed by atoms with Crippen LogP contribution < -0.4 is 10.2 Å². The van der Waals surface area contributed by atoms with Crippen molar-refractivity contribution in [2.45, 2.75) is 19.3 Å². The summed E-state index contributed by atoms with van der Waals surface area (Å²) in [4.78, 5) is 16.8. The molecule has 6 nitrogen and oxygen atoms in total. The minimum atomic E-state index is 0.305. The molecule has 3 aliphatic rings. The third kappa shape index (κ3) is 3.69. The summed E-state index contributed by atoms with van der Waals surface area (Å²) in [6, 6.07) is 13.2. The van der Waals surface area contributed by atoms with Crippen LogP contribution in [0.5, 0.6) is 0 Å². The average Bonchev–Trinajstić information content (AvgIpc) is 3.62. The smallest absolute Gasteiger partial charge is 0.225 e. The van der Waals surface area contributed by atoms with Crippen LogP contribution in [0.3, 0.4) is 0 Å². The number of fused-ring (bicyclic) bond motifs is 1. The highest BCUT2D eigenvalue weighted by Gasteiger charge is 2.34. The summed E-state index contributed by atoms with van der Waals surface area (Å²) in [5, 5.41) is 7.93. The van der Waals surface area contributed by atoms with E-state index in [9.17, 15) is 4.79 Å². The maximum Gasteiger partial charge on any atom is 0.225 e. The molecule has 1 aliphatic carbocycles. The minimum absolute atomic E-state index is 0.305. The van der Waals surface area contributed by atoms with E-state index < -0.39 is 0 Å². The zero-order chi connectivity index (χ0) is 21.5. The van der Waals surface area contributed by atoms with Crippen molar-refractivity contribution in [3.05, 3.63) is 60.4 Å². The second-order valence-corrected chi connectivity index (χ2v) is 9.12. The molecule has 1 amide bonds. The van der Waals surface area contributed by atoms with Crippen LogP contribution >= 0.6 is 0 Å². The van der Waals surface area contributed by atoms with Gasteiger partial charge in [-0.15, -0.1) is 0 Å². The van der Waals surface area contributed by atoms with Crippen LogP contribution in [0.4, 0.5) is 5.69 Å².